The van der Waals surface area contributed by atoms with Crippen molar-refractivity contribution in [1.82, 2.24) is 15.1 Å². The van der Waals surface area contributed by atoms with Gasteiger partial charge >= 0.3 is 0 Å². The molecular formula is C22H25N3O2. The molecule has 0 saturated heterocycles. The third kappa shape index (κ3) is 4.03. The summed E-state index contributed by atoms with van der Waals surface area (Å²) in [5.41, 5.74) is 5.37. The number of hydrogen-bond donors (Lipinski definition) is 1. The number of nitrogens with one attached hydrogen (secondary N) is 1. The Labute approximate surface area is 160 Å². The van der Waals surface area contributed by atoms with E-state index < -0.39 is 0 Å². The minimum atomic E-state index is -0.121. The molecule has 0 radical (unpaired) electrons. The average molecular weight is 363 g/mol. The van der Waals surface area contributed by atoms with Crippen molar-refractivity contribution in [3.63, 3.8) is 0 Å². The van der Waals surface area contributed by atoms with Gasteiger partial charge in [0.2, 0.25) is 0 Å². The number of carbonyl (C=O) groups excluding carboxylic acids is 1. The van der Waals surface area contributed by atoms with Crippen molar-refractivity contribution in [2.45, 2.75) is 27.2 Å². The number of hydrogen-bond acceptors (Lipinski definition) is 3. The van der Waals surface area contributed by atoms with Crippen LogP contribution >= 0.6 is 0 Å². The van der Waals surface area contributed by atoms with Gasteiger partial charge in [-0.2, -0.15) is 5.10 Å². The number of ether oxygens (including phenoxy) is 1. The summed E-state index contributed by atoms with van der Waals surface area (Å²) in [5.74, 6) is 0.664. The first-order chi connectivity index (χ1) is 13.0. The fourth-order valence-electron chi connectivity index (χ4n) is 3.00. The smallest absolute Gasteiger partial charge is 0.270 e. The van der Waals surface area contributed by atoms with E-state index in [9.17, 15) is 4.79 Å². The molecule has 1 amide bonds. The summed E-state index contributed by atoms with van der Waals surface area (Å²) < 4.78 is 6.96. The van der Waals surface area contributed by atoms with Crippen molar-refractivity contribution in [3.05, 3.63) is 65.4 Å². The Morgan fingerprint density at radius 1 is 1.11 bits per heavy atom. The molecule has 0 atom stereocenters. The van der Waals surface area contributed by atoms with Crippen LogP contribution in [0.1, 0.15) is 35.0 Å². The van der Waals surface area contributed by atoms with Crippen LogP contribution in [0.15, 0.2) is 48.5 Å². The van der Waals surface area contributed by atoms with E-state index in [1.165, 1.54) is 5.56 Å². The Morgan fingerprint density at radius 2 is 1.85 bits per heavy atom. The van der Waals surface area contributed by atoms with E-state index >= 15 is 0 Å². The predicted molar refractivity (Wildman–Crippen MR) is 108 cm³/mol. The summed E-state index contributed by atoms with van der Waals surface area (Å²) >= 11 is 0. The average Bonchev–Trinajstić information content (AvgIpc) is 3.11. The van der Waals surface area contributed by atoms with Crippen LogP contribution in [0.3, 0.4) is 0 Å². The highest BCUT2D eigenvalue weighted by Crippen LogP contribution is 2.25. The summed E-state index contributed by atoms with van der Waals surface area (Å²) in [4.78, 5) is 12.7. The van der Waals surface area contributed by atoms with Gasteiger partial charge in [-0.1, -0.05) is 24.6 Å². The maximum Gasteiger partial charge on any atom is 0.270 e. The number of aromatic nitrogens is 2. The Kier molecular flexibility index (Phi) is 5.60. The Morgan fingerprint density at radius 3 is 2.48 bits per heavy atom. The molecule has 0 unspecified atom stereocenters. The largest absolute Gasteiger partial charge is 0.497 e. The lowest BCUT2D eigenvalue weighted by molar-refractivity contribution is 0.0946. The van der Waals surface area contributed by atoms with Crippen LogP contribution in [0.5, 0.6) is 5.75 Å². The minimum Gasteiger partial charge on any atom is -0.497 e. The standard InChI is InChI=1S/C22H25N3O2/c1-5-12-23-22(26)21-14-19(17-7-9-18(27-4)10-8-17)24-25(21)20-11-6-15(2)13-16(20)3/h6-11,13-14H,5,12H2,1-4H3,(H,23,26). The first-order valence-electron chi connectivity index (χ1n) is 9.13. The van der Waals surface area contributed by atoms with Gasteiger partial charge in [-0.05, 0) is 62.2 Å². The quantitative estimate of drug-likeness (QED) is 0.710. The summed E-state index contributed by atoms with van der Waals surface area (Å²) in [7, 11) is 1.64. The zero-order chi connectivity index (χ0) is 19.4. The first-order valence-corrected chi connectivity index (χ1v) is 9.13. The van der Waals surface area contributed by atoms with Gasteiger partial charge in [0.05, 0.1) is 18.5 Å². The van der Waals surface area contributed by atoms with Crippen LogP contribution in [0.25, 0.3) is 16.9 Å². The number of amides is 1. The van der Waals surface area contributed by atoms with Crippen LogP contribution in [0, 0.1) is 13.8 Å². The Balaban J connectivity index is 2.08. The molecule has 0 spiro atoms. The van der Waals surface area contributed by atoms with E-state index in [0.29, 0.717) is 12.2 Å². The number of methoxy groups -OCH3 is 1. The molecule has 0 aliphatic heterocycles. The fourth-order valence-corrected chi connectivity index (χ4v) is 3.00. The SMILES string of the molecule is CCCNC(=O)c1cc(-c2ccc(OC)cc2)nn1-c1ccc(C)cc1C. The molecule has 1 heterocycles. The monoisotopic (exact) mass is 363 g/mol. The van der Waals surface area contributed by atoms with E-state index in [4.69, 9.17) is 9.84 Å². The van der Waals surface area contributed by atoms with Gasteiger partial charge in [-0.3, -0.25) is 4.79 Å². The summed E-state index contributed by atoms with van der Waals surface area (Å²) in [5, 5.41) is 7.69. The second-order valence-electron chi connectivity index (χ2n) is 6.60. The fraction of sp³-hybridized carbons (Fsp3) is 0.273. The van der Waals surface area contributed by atoms with E-state index in [0.717, 1.165) is 34.7 Å². The Bertz CT molecular complexity index is 943. The second-order valence-corrected chi connectivity index (χ2v) is 6.60. The number of carbonyl (C=O) groups is 1. The van der Waals surface area contributed by atoms with Crippen LogP contribution < -0.4 is 10.1 Å². The number of nitrogens with zero attached hydrogens (tertiary/aromatic N) is 2. The number of aryl methyl sites for hydroxylation is 2. The van der Waals surface area contributed by atoms with Crippen molar-refractivity contribution in [2.24, 2.45) is 0 Å². The first kappa shape index (κ1) is 18.7. The predicted octanol–water partition coefficient (Wildman–Crippen LogP) is 4.30. The molecule has 0 fully saturated rings. The molecule has 0 saturated carbocycles. The molecule has 1 aromatic heterocycles. The van der Waals surface area contributed by atoms with E-state index in [-0.39, 0.29) is 5.91 Å². The maximum absolute atomic E-state index is 12.7. The highest BCUT2D eigenvalue weighted by Gasteiger charge is 2.18. The summed E-state index contributed by atoms with van der Waals surface area (Å²) in [6.45, 7) is 6.75. The molecule has 3 aromatic rings. The molecule has 0 bridgehead atoms. The van der Waals surface area contributed by atoms with Gasteiger partial charge in [0.25, 0.3) is 5.91 Å². The van der Waals surface area contributed by atoms with Crippen molar-refractivity contribution in [2.75, 3.05) is 13.7 Å². The zero-order valence-corrected chi connectivity index (χ0v) is 16.2. The maximum atomic E-state index is 12.7. The van der Waals surface area contributed by atoms with E-state index in [1.54, 1.807) is 11.8 Å². The third-order valence-corrected chi connectivity index (χ3v) is 4.44. The number of benzene rings is 2. The lowest BCUT2D eigenvalue weighted by atomic mass is 10.1. The lowest BCUT2D eigenvalue weighted by Gasteiger charge is -2.11. The normalized spacial score (nSPS) is 10.7. The van der Waals surface area contributed by atoms with Gasteiger partial charge < -0.3 is 10.1 Å². The van der Waals surface area contributed by atoms with E-state index in [2.05, 4.69) is 18.3 Å². The summed E-state index contributed by atoms with van der Waals surface area (Å²) in [6, 6.07) is 15.6. The molecule has 27 heavy (non-hydrogen) atoms. The highest BCUT2D eigenvalue weighted by molar-refractivity contribution is 5.94. The van der Waals surface area contributed by atoms with Crippen molar-refractivity contribution in [3.8, 4) is 22.7 Å². The molecule has 5 heteroatoms. The molecule has 140 valence electrons. The molecular weight excluding hydrogens is 338 g/mol. The van der Waals surface area contributed by atoms with Crippen LogP contribution in [-0.4, -0.2) is 29.3 Å². The van der Waals surface area contributed by atoms with Gasteiger partial charge in [0.1, 0.15) is 11.4 Å². The van der Waals surface area contributed by atoms with Crippen LogP contribution in [-0.2, 0) is 0 Å². The Hall–Kier alpha value is -3.08. The zero-order valence-electron chi connectivity index (χ0n) is 16.2. The van der Waals surface area contributed by atoms with Crippen LogP contribution in [0.4, 0.5) is 0 Å². The van der Waals surface area contributed by atoms with Gasteiger partial charge in [0, 0.05) is 12.1 Å². The summed E-state index contributed by atoms with van der Waals surface area (Å²) in [6.07, 6.45) is 0.884. The van der Waals surface area contributed by atoms with E-state index in [1.807, 2.05) is 56.3 Å². The van der Waals surface area contributed by atoms with Crippen molar-refractivity contribution >= 4 is 5.91 Å². The molecule has 0 aliphatic rings. The van der Waals surface area contributed by atoms with Gasteiger partial charge in [-0.25, -0.2) is 4.68 Å². The molecule has 1 N–H and O–H groups in total. The topological polar surface area (TPSA) is 56.1 Å². The van der Waals surface area contributed by atoms with Crippen LogP contribution in [0.2, 0.25) is 0 Å². The highest BCUT2D eigenvalue weighted by atomic mass is 16.5. The van der Waals surface area contributed by atoms with Crippen molar-refractivity contribution < 1.29 is 9.53 Å². The minimum absolute atomic E-state index is 0.121. The second kappa shape index (κ2) is 8.08. The molecule has 3 rings (SSSR count). The van der Waals surface area contributed by atoms with Crippen molar-refractivity contribution in [1.29, 1.82) is 0 Å². The number of rotatable bonds is 6. The third-order valence-electron chi connectivity index (χ3n) is 4.44. The molecule has 5 nitrogen and oxygen atoms in total. The molecule has 0 aliphatic carbocycles. The lowest BCUT2D eigenvalue weighted by Crippen LogP contribution is -2.26. The van der Waals surface area contributed by atoms with Gasteiger partial charge in [-0.15, -0.1) is 0 Å². The molecule has 2 aromatic carbocycles. The van der Waals surface area contributed by atoms with Gasteiger partial charge in [0.15, 0.2) is 0 Å².